The van der Waals surface area contributed by atoms with Crippen molar-refractivity contribution < 1.29 is 9.47 Å². The van der Waals surface area contributed by atoms with Crippen LogP contribution >= 0.6 is 0 Å². The molecule has 3 unspecified atom stereocenters. The van der Waals surface area contributed by atoms with E-state index in [0.29, 0.717) is 12.1 Å². The van der Waals surface area contributed by atoms with Crippen LogP contribution in [0.2, 0.25) is 0 Å². The molecular formula is C15H21NO2. The monoisotopic (exact) mass is 247 g/mol. The summed E-state index contributed by atoms with van der Waals surface area (Å²) in [5.41, 5.74) is 1.24. The minimum atomic E-state index is -0.0420. The van der Waals surface area contributed by atoms with Crippen LogP contribution in [-0.4, -0.2) is 25.4 Å². The van der Waals surface area contributed by atoms with E-state index in [4.69, 9.17) is 9.47 Å². The largest absolute Gasteiger partial charge is 0.487 e. The third-order valence-corrected chi connectivity index (χ3v) is 4.16. The Bertz CT molecular complexity index is 434. The van der Waals surface area contributed by atoms with E-state index in [1.165, 1.54) is 5.56 Å². The fraction of sp³-hybridized carbons (Fsp3) is 0.600. The molecule has 1 aromatic rings. The van der Waals surface area contributed by atoms with Crippen molar-refractivity contribution in [2.75, 3.05) is 13.7 Å². The van der Waals surface area contributed by atoms with Gasteiger partial charge in [-0.3, -0.25) is 0 Å². The zero-order valence-electron chi connectivity index (χ0n) is 11.1. The van der Waals surface area contributed by atoms with Crippen LogP contribution in [0.3, 0.4) is 0 Å². The molecule has 0 bridgehead atoms. The van der Waals surface area contributed by atoms with Gasteiger partial charge in [-0.2, -0.15) is 0 Å². The maximum atomic E-state index is 6.34. The SMILES string of the molecule is CNC1CC2(CCOC(C)C2)Oc2ccccc21. The molecule has 0 saturated carbocycles. The predicted molar refractivity (Wildman–Crippen MR) is 70.9 cm³/mol. The molecule has 18 heavy (non-hydrogen) atoms. The van der Waals surface area contributed by atoms with Crippen LogP contribution in [0.1, 0.15) is 37.8 Å². The molecule has 1 aromatic carbocycles. The Morgan fingerprint density at radius 2 is 2.11 bits per heavy atom. The second kappa shape index (κ2) is 4.56. The van der Waals surface area contributed by atoms with Crippen LogP contribution in [0, 0.1) is 0 Å². The molecule has 1 saturated heterocycles. The summed E-state index contributed by atoms with van der Waals surface area (Å²) in [7, 11) is 2.03. The summed E-state index contributed by atoms with van der Waals surface area (Å²) in [6.45, 7) is 2.94. The first-order chi connectivity index (χ1) is 8.72. The van der Waals surface area contributed by atoms with Crippen molar-refractivity contribution in [1.82, 2.24) is 5.32 Å². The molecule has 0 amide bonds. The Hall–Kier alpha value is -1.06. The van der Waals surface area contributed by atoms with Crippen LogP contribution in [0.25, 0.3) is 0 Å². The molecule has 3 atom stereocenters. The van der Waals surface area contributed by atoms with Crippen molar-refractivity contribution in [1.29, 1.82) is 0 Å². The van der Waals surface area contributed by atoms with Crippen LogP contribution in [0.15, 0.2) is 24.3 Å². The smallest absolute Gasteiger partial charge is 0.124 e. The van der Waals surface area contributed by atoms with E-state index in [0.717, 1.165) is 31.6 Å². The lowest BCUT2D eigenvalue weighted by atomic mass is 9.80. The van der Waals surface area contributed by atoms with Crippen molar-refractivity contribution in [3.8, 4) is 5.75 Å². The molecule has 0 radical (unpaired) electrons. The fourth-order valence-corrected chi connectivity index (χ4v) is 3.28. The first-order valence-electron chi connectivity index (χ1n) is 6.79. The highest BCUT2D eigenvalue weighted by Crippen LogP contribution is 2.44. The van der Waals surface area contributed by atoms with Crippen LogP contribution in [0.4, 0.5) is 0 Å². The summed E-state index contributed by atoms with van der Waals surface area (Å²) in [6, 6.07) is 8.76. The van der Waals surface area contributed by atoms with Crippen molar-refractivity contribution in [2.24, 2.45) is 0 Å². The van der Waals surface area contributed by atoms with Gasteiger partial charge in [0.2, 0.25) is 0 Å². The summed E-state index contributed by atoms with van der Waals surface area (Å²) in [5.74, 6) is 1.04. The van der Waals surface area contributed by atoms with Gasteiger partial charge in [0.25, 0.3) is 0 Å². The first kappa shape index (κ1) is 12.0. The topological polar surface area (TPSA) is 30.5 Å². The van der Waals surface area contributed by atoms with Gasteiger partial charge in [0.1, 0.15) is 11.4 Å². The van der Waals surface area contributed by atoms with E-state index in [2.05, 4.69) is 30.4 Å². The standard InChI is InChI=1S/C15H21NO2/c1-11-9-15(7-8-17-11)10-13(16-2)12-5-3-4-6-14(12)18-15/h3-6,11,13,16H,7-10H2,1-2H3. The van der Waals surface area contributed by atoms with Crippen molar-refractivity contribution in [2.45, 2.75) is 43.9 Å². The Morgan fingerprint density at radius 3 is 2.89 bits per heavy atom. The lowest BCUT2D eigenvalue weighted by Gasteiger charge is -2.46. The molecule has 1 fully saturated rings. The molecule has 3 nitrogen and oxygen atoms in total. The molecule has 3 heteroatoms. The van der Waals surface area contributed by atoms with Gasteiger partial charge < -0.3 is 14.8 Å². The van der Waals surface area contributed by atoms with Gasteiger partial charge in [-0.15, -0.1) is 0 Å². The van der Waals surface area contributed by atoms with E-state index < -0.39 is 0 Å². The van der Waals surface area contributed by atoms with Crippen LogP contribution < -0.4 is 10.1 Å². The van der Waals surface area contributed by atoms with Gasteiger partial charge in [-0.1, -0.05) is 18.2 Å². The summed E-state index contributed by atoms with van der Waals surface area (Å²) in [5, 5.41) is 3.43. The lowest BCUT2D eigenvalue weighted by molar-refractivity contribution is -0.0964. The minimum absolute atomic E-state index is 0.0420. The van der Waals surface area contributed by atoms with Crippen molar-refractivity contribution in [3.63, 3.8) is 0 Å². The second-order valence-electron chi connectivity index (χ2n) is 5.50. The molecular weight excluding hydrogens is 226 g/mol. The van der Waals surface area contributed by atoms with Crippen LogP contribution in [0.5, 0.6) is 5.75 Å². The quantitative estimate of drug-likeness (QED) is 0.827. The van der Waals surface area contributed by atoms with E-state index in [9.17, 15) is 0 Å². The third kappa shape index (κ3) is 2.02. The van der Waals surface area contributed by atoms with Gasteiger partial charge in [0, 0.05) is 30.9 Å². The van der Waals surface area contributed by atoms with Gasteiger partial charge in [-0.25, -0.2) is 0 Å². The molecule has 1 N–H and O–H groups in total. The average Bonchev–Trinajstić information content (AvgIpc) is 2.37. The first-order valence-corrected chi connectivity index (χ1v) is 6.79. The second-order valence-corrected chi connectivity index (χ2v) is 5.50. The lowest BCUT2D eigenvalue weighted by Crippen LogP contribution is -2.49. The molecule has 3 rings (SSSR count). The predicted octanol–water partition coefficient (Wildman–Crippen LogP) is 2.67. The number of rotatable bonds is 1. The van der Waals surface area contributed by atoms with Crippen LogP contribution in [-0.2, 0) is 4.74 Å². The Morgan fingerprint density at radius 1 is 1.28 bits per heavy atom. The highest BCUT2D eigenvalue weighted by atomic mass is 16.5. The summed E-state index contributed by atoms with van der Waals surface area (Å²) in [6.07, 6.45) is 3.30. The van der Waals surface area contributed by atoms with Gasteiger partial charge in [0.15, 0.2) is 0 Å². The number of hydrogen-bond donors (Lipinski definition) is 1. The Kier molecular flexibility index (Phi) is 3.04. The molecule has 2 aliphatic heterocycles. The van der Waals surface area contributed by atoms with Gasteiger partial charge in [-0.05, 0) is 20.0 Å². The van der Waals surface area contributed by atoms with Crippen molar-refractivity contribution >= 4 is 0 Å². The minimum Gasteiger partial charge on any atom is -0.487 e. The highest BCUT2D eigenvalue weighted by Gasteiger charge is 2.43. The highest BCUT2D eigenvalue weighted by molar-refractivity contribution is 5.39. The molecule has 2 aliphatic rings. The number of para-hydroxylation sites is 1. The van der Waals surface area contributed by atoms with E-state index in [1.807, 2.05) is 13.1 Å². The van der Waals surface area contributed by atoms with Gasteiger partial charge >= 0.3 is 0 Å². The molecule has 0 aliphatic carbocycles. The maximum Gasteiger partial charge on any atom is 0.124 e. The zero-order valence-corrected chi connectivity index (χ0v) is 11.1. The van der Waals surface area contributed by atoms with Crippen molar-refractivity contribution in [3.05, 3.63) is 29.8 Å². The molecule has 98 valence electrons. The molecule has 0 aromatic heterocycles. The van der Waals surface area contributed by atoms with Gasteiger partial charge in [0.05, 0.1) is 12.7 Å². The Balaban J connectivity index is 1.93. The summed E-state index contributed by atoms with van der Waals surface area (Å²) >= 11 is 0. The zero-order chi connectivity index (χ0) is 12.6. The fourth-order valence-electron chi connectivity index (χ4n) is 3.28. The normalized spacial score (nSPS) is 35.0. The Labute approximate surface area is 108 Å². The number of fused-ring (bicyclic) bond motifs is 1. The summed E-state index contributed by atoms with van der Waals surface area (Å²) < 4.78 is 12.0. The van der Waals surface area contributed by atoms with E-state index in [-0.39, 0.29) is 5.60 Å². The van der Waals surface area contributed by atoms with E-state index >= 15 is 0 Å². The maximum absolute atomic E-state index is 6.34. The average molecular weight is 247 g/mol. The number of benzene rings is 1. The summed E-state index contributed by atoms with van der Waals surface area (Å²) in [4.78, 5) is 0. The molecule has 1 spiro atoms. The van der Waals surface area contributed by atoms with E-state index in [1.54, 1.807) is 0 Å². The third-order valence-electron chi connectivity index (χ3n) is 4.16. The number of ether oxygens (including phenoxy) is 2. The molecule has 2 heterocycles. The number of hydrogen-bond acceptors (Lipinski definition) is 3. The number of nitrogens with one attached hydrogen (secondary N) is 1.